The van der Waals surface area contributed by atoms with E-state index in [1.165, 1.54) is 0 Å². The molecular formula is C14H15NO. The third kappa shape index (κ3) is 2.76. The summed E-state index contributed by atoms with van der Waals surface area (Å²) in [7, 11) is 0. The van der Waals surface area contributed by atoms with Crippen molar-refractivity contribution in [3.63, 3.8) is 0 Å². The quantitative estimate of drug-likeness (QED) is 0.713. The number of hydrogen-bond donors (Lipinski definition) is 0. The monoisotopic (exact) mass is 213 g/mol. The summed E-state index contributed by atoms with van der Waals surface area (Å²) in [6, 6.07) is 11.6. The average Bonchev–Trinajstić information content (AvgIpc) is 2.42. The van der Waals surface area contributed by atoms with Crippen molar-refractivity contribution in [3.8, 4) is 11.1 Å². The van der Waals surface area contributed by atoms with Crippen LogP contribution < -0.4 is 0 Å². The standard InChI is InChI=1S/C12H9NO.C2H6/c14-9-11-8-13-7-6-12(11)10-4-2-1-3-5-10;1-2/h1-9H;1-2H3. The summed E-state index contributed by atoms with van der Waals surface area (Å²) in [6.45, 7) is 4.00. The Morgan fingerprint density at radius 2 is 1.75 bits per heavy atom. The topological polar surface area (TPSA) is 30.0 Å². The third-order valence-electron chi connectivity index (χ3n) is 2.06. The second kappa shape index (κ2) is 6.51. The minimum absolute atomic E-state index is 0.624. The zero-order valence-electron chi connectivity index (χ0n) is 9.55. The molecule has 1 aromatic heterocycles. The summed E-state index contributed by atoms with van der Waals surface area (Å²) in [5.41, 5.74) is 2.59. The van der Waals surface area contributed by atoms with E-state index in [1.807, 2.05) is 50.2 Å². The van der Waals surface area contributed by atoms with Crippen LogP contribution in [0.2, 0.25) is 0 Å². The number of aromatic nitrogens is 1. The number of carbonyl (C=O) groups excluding carboxylic acids is 1. The Bertz CT molecular complexity index is 437. The van der Waals surface area contributed by atoms with Gasteiger partial charge in [0.2, 0.25) is 0 Å². The molecule has 0 aliphatic rings. The molecular weight excluding hydrogens is 198 g/mol. The molecule has 2 aromatic rings. The van der Waals surface area contributed by atoms with Crippen molar-refractivity contribution in [1.82, 2.24) is 4.98 Å². The maximum atomic E-state index is 10.8. The summed E-state index contributed by atoms with van der Waals surface area (Å²) in [6.07, 6.45) is 4.10. The molecule has 2 nitrogen and oxygen atoms in total. The van der Waals surface area contributed by atoms with Crippen molar-refractivity contribution in [3.05, 3.63) is 54.4 Å². The molecule has 0 unspecified atom stereocenters. The van der Waals surface area contributed by atoms with E-state index < -0.39 is 0 Å². The lowest BCUT2D eigenvalue weighted by atomic mass is 10.0. The minimum Gasteiger partial charge on any atom is -0.298 e. The van der Waals surface area contributed by atoms with Crippen LogP contribution in [0.5, 0.6) is 0 Å². The SMILES string of the molecule is CC.O=Cc1cnccc1-c1ccccc1. The van der Waals surface area contributed by atoms with E-state index >= 15 is 0 Å². The maximum Gasteiger partial charge on any atom is 0.152 e. The van der Waals surface area contributed by atoms with Gasteiger partial charge in [-0.3, -0.25) is 9.78 Å². The lowest BCUT2D eigenvalue weighted by molar-refractivity contribution is 0.112. The van der Waals surface area contributed by atoms with Gasteiger partial charge in [-0.2, -0.15) is 0 Å². The number of pyridine rings is 1. The van der Waals surface area contributed by atoms with Gasteiger partial charge in [0, 0.05) is 18.0 Å². The Morgan fingerprint density at radius 1 is 1.06 bits per heavy atom. The van der Waals surface area contributed by atoms with Gasteiger partial charge in [0.15, 0.2) is 6.29 Å². The second-order valence-electron chi connectivity index (χ2n) is 2.95. The second-order valence-corrected chi connectivity index (χ2v) is 2.95. The first-order valence-electron chi connectivity index (χ1n) is 5.36. The number of aldehydes is 1. The predicted molar refractivity (Wildman–Crippen MR) is 66.4 cm³/mol. The zero-order valence-corrected chi connectivity index (χ0v) is 9.55. The maximum absolute atomic E-state index is 10.8. The normalized spacial score (nSPS) is 8.88. The molecule has 0 aliphatic carbocycles. The van der Waals surface area contributed by atoms with Gasteiger partial charge in [-0.15, -0.1) is 0 Å². The Morgan fingerprint density at radius 3 is 2.38 bits per heavy atom. The first kappa shape index (κ1) is 12.1. The molecule has 0 bridgehead atoms. The van der Waals surface area contributed by atoms with Crippen molar-refractivity contribution in [2.24, 2.45) is 0 Å². The molecule has 0 spiro atoms. The molecule has 0 aliphatic heterocycles. The molecule has 16 heavy (non-hydrogen) atoms. The molecule has 0 saturated heterocycles. The van der Waals surface area contributed by atoms with Crippen LogP contribution in [0.4, 0.5) is 0 Å². The molecule has 2 heteroatoms. The molecule has 0 saturated carbocycles. The Balaban J connectivity index is 0.000000606. The summed E-state index contributed by atoms with van der Waals surface area (Å²) in [5.74, 6) is 0. The summed E-state index contributed by atoms with van der Waals surface area (Å²) < 4.78 is 0. The van der Waals surface area contributed by atoms with Crippen LogP contribution in [0.25, 0.3) is 11.1 Å². The Hall–Kier alpha value is -1.96. The van der Waals surface area contributed by atoms with Crippen LogP contribution >= 0.6 is 0 Å². The van der Waals surface area contributed by atoms with E-state index in [0.717, 1.165) is 17.4 Å². The number of carbonyl (C=O) groups is 1. The van der Waals surface area contributed by atoms with Crippen LogP contribution in [-0.2, 0) is 0 Å². The number of hydrogen-bond acceptors (Lipinski definition) is 2. The van der Waals surface area contributed by atoms with Crippen molar-refractivity contribution >= 4 is 6.29 Å². The fourth-order valence-electron chi connectivity index (χ4n) is 1.38. The summed E-state index contributed by atoms with van der Waals surface area (Å²) in [4.78, 5) is 14.7. The number of rotatable bonds is 2. The predicted octanol–water partition coefficient (Wildman–Crippen LogP) is 3.59. The fraction of sp³-hybridized carbons (Fsp3) is 0.143. The largest absolute Gasteiger partial charge is 0.298 e. The molecule has 0 fully saturated rings. The highest BCUT2D eigenvalue weighted by Gasteiger charge is 2.02. The Kier molecular flexibility index (Phi) is 4.93. The van der Waals surface area contributed by atoms with Gasteiger partial charge in [0.05, 0.1) is 0 Å². The molecule has 82 valence electrons. The first-order chi connectivity index (χ1) is 7.92. The van der Waals surface area contributed by atoms with E-state index in [2.05, 4.69) is 4.98 Å². The lowest BCUT2D eigenvalue weighted by Gasteiger charge is -2.02. The van der Waals surface area contributed by atoms with Gasteiger partial charge < -0.3 is 0 Å². The van der Waals surface area contributed by atoms with Crippen molar-refractivity contribution in [2.75, 3.05) is 0 Å². The number of nitrogens with zero attached hydrogens (tertiary/aromatic N) is 1. The van der Waals surface area contributed by atoms with E-state index in [4.69, 9.17) is 0 Å². The summed E-state index contributed by atoms with van der Waals surface area (Å²) >= 11 is 0. The first-order valence-corrected chi connectivity index (χ1v) is 5.36. The van der Waals surface area contributed by atoms with Crippen molar-refractivity contribution in [2.45, 2.75) is 13.8 Å². The summed E-state index contributed by atoms with van der Waals surface area (Å²) in [5, 5.41) is 0. The average molecular weight is 213 g/mol. The van der Waals surface area contributed by atoms with Crippen LogP contribution in [0, 0.1) is 0 Å². The van der Waals surface area contributed by atoms with Gasteiger partial charge in [0.1, 0.15) is 0 Å². The van der Waals surface area contributed by atoms with E-state index in [1.54, 1.807) is 12.4 Å². The lowest BCUT2D eigenvalue weighted by Crippen LogP contribution is -1.87. The molecule has 1 aromatic carbocycles. The molecule has 1 heterocycles. The van der Waals surface area contributed by atoms with E-state index in [-0.39, 0.29) is 0 Å². The van der Waals surface area contributed by atoms with E-state index in [9.17, 15) is 4.79 Å². The molecule has 2 rings (SSSR count). The zero-order chi connectivity index (χ0) is 11.8. The highest BCUT2D eigenvalue weighted by atomic mass is 16.1. The minimum atomic E-state index is 0.624. The smallest absolute Gasteiger partial charge is 0.152 e. The van der Waals surface area contributed by atoms with Crippen LogP contribution in [0.3, 0.4) is 0 Å². The van der Waals surface area contributed by atoms with Gasteiger partial charge >= 0.3 is 0 Å². The fourth-order valence-corrected chi connectivity index (χ4v) is 1.38. The highest BCUT2D eigenvalue weighted by Crippen LogP contribution is 2.20. The van der Waals surface area contributed by atoms with E-state index in [0.29, 0.717) is 5.56 Å². The van der Waals surface area contributed by atoms with Crippen LogP contribution in [0.1, 0.15) is 24.2 Å². The van der Waals surface area contributed by atoms with Crippen molar-refractivity contribution in [1.29, 1.82) is 0 Å². The molecule has 0 amide bonds. The molecule has 0 N–H and O–H groups in total. The molecule has 0 atom stereocenters. The Labute approximate surface area is 96.0 Å². The third-order valence-corrected chi connectivity index (χ3v) is 2.06. The van der Waals surface area contributed by atoms with Gasteiger partial charge in [0.25, 0.3) is 0 Å². The van der Waals surface area contributed by atoms with Gasteiger partial charge in [-0.05, 0) is 17.2 Å². The highest BCUT2D eigenvalue weighted by molar-refractivity contribution is 5.86. The van der Waals surface area contributed by atoms with Gasteiger partial charge in [-0.1, -0.05) is 44.2 Å². The molecule has 0 radical (unpaired) electrons. The number of benzene rings is 1. The van der Waals surface area contributed by atoms with Crippen molar-refractivity contribution < 1.29 is 4.79 Å². The van der Waals surface area contributed by atoms with Crippen LogP contribution in [0.15, 0.2) is 48.8 Å². The van der Waals surface area contributed by atoms with Gasteiger partial charge in [-0.25, -0.2) is 0 Å². The van der Waals surface area contributed by atoms with Crippen LogP contribution in [-0.4, -0.2) is 11.3 Å².